The lowest BCUT2D eigenvalue weighted by atomic mass is 10.1. The summed E-state index contributed by atoms with van der Waals surface area (Å²) >= 11 is 9.43. The molecular weight excluding hydrogens is 434 g/mol. The predicted octanol–water partition coefficient (Wildman–Crippen LogP) is 6.66. The number of halogens is 1. The van der Waals surface area contributed by atoms with Crippen LogP contribution in [0.1, 0.15) is 21.7 Å². The highest BCUT2D eigenvalue weighted by Gasteiger charge is 2.23. The van der Waals surface area contributed by atoms with Gasteiger partial charge in [-0.25, -0.2) is 9.78 Å². The summed E-state index contributed by atoms with van der Waals surface area (Å²) in [5.41, 5.74) is 4.44. The van der Waals surface area contributed by atoms with Gasteiger partial charge in [0.1, 0.15) is 0 Å². The monoisotopic (exact) mass is 451 g/mol. The summed E-state index contributed by atoms with van der Waals surface area (Å²) in [5.74, 6) is 0. The van der Waals surface area contributed by atoms with Crippen LogP contribution >= 0.6 is 34.3 Å². The summed E-state index contributed by atoms with van der Waals surface area (Å²) in [6.07, 6.45) is 0.717. The fourth-order valence-corrected chi connectivity index (χ4v) is 5.46. The number of urea groups is 1. The number of nitrogens with zero attached hydrogens (tertiary/aromatic N) is 2. The Morgan fingerprint density at radius 3 is 2.53 bits per heavy atom. The summed E-state index contributed by atoms with van der Waals surface area (Å²) in [4.78, 5) is 20.3. The number of carbonyl (C=O) groups excluding carboxylic acids is 1. The van der Waals surface area contributed by atoms with Crippen LogP contribution in [0, 0.1) is 0 Å². The minimum atomic E-state index is -0.0720. The van der Waals surface area contributed by atoms with Crippen LogP contribution in [0.3, 0.4) is 0 Å². The molecule has 1 aliphatic heterocycles. The van der Waals surface area contributed by atoms with Gasteiger partial charge in [-0.05, 0) is 34.9 Å². The Hall–Kier alpha value is -2.67. The van der Waals surface area contributed by atoms with Crippen molar-refractivity contribution in [2.24, 2.45) is 0 Å². The highest BCUT2D eigenvalue weighted by Crippen LogP contribution is 2.33. The Morgan fingerprint density at radius 2 is 1.77 bits per heavy atom. The molecule has 2 amide bonds. The van der Waals surface area contributed by atoms with Crippen molar-refractivity contribution >= 4 is 45.3 Å². The van der Waals surface area contributed by atoms with E-state index in [1.165, 1.54) is 22.5 Å². The number of benzene rings is 2. The van der Waals surface area contributed by atoms with Crippen LogP contribution in [0.15, 0.2) is 66.0 Å². The molecular formula is C23H18ClN3OS2. The van der Waals surface area contributed by atoms with Crippen LogP contribution in [-0.4, -0.2) is 15.9 Å². The highest BCUT2D eigenvalue weighted by atomic mass is 35.5. The predicted molar refractivity (Wildman–Crippen MR) is 124 cm³/mol. The second-order valence-corrected chi connectivity index (χ2v) is 9.55. The molecule has 7 heteroatoms. The molecule has 4 aromatic rings. The van der Waals surface area contributed by atoms with Gasteiger partial charge in [0.05, 0.1) is 20.6 Å². The number of rotatable bonds is 4. The summed E-state index contributed by atoms with van der Waals surface area (Å²) in [7, 11) is 0. The van der Waals surface area contributed by atoms with E-state index in [4.69, 9.17) is 16.6 Å². The minimum Gasteiger partial charge on any atom is -0.316 e. The maximum atomic E-state index is 12.7. The third kappa shape index (κ3) is 3.99. The van der Waals surface area contributed by atoms with E-state index >= 15 is 0 Å². The normalized spacial score (nSPS) is 12.8. The molecule has 3 heterocycles. The van der Waals surface area contributed by atoms with Gasteiger partial charge in [0.2, 0.25) is 0 Å². The van der Waals surface area contributed by atoms with Crippen molar-refractivity contribution in [3.63, 3.8) is 0 Å². The Bertz CT molecular complexity index is 1190. The van der Waals surface area contributed by atoms with E-state index in [1.54, 1.807) is 11.3 Å². The molecule has 5 rings (SSSR count). The van der Waals surface area contributed by atoms with Crippen molar-refractivity contribution in [2.45, 2.75) is 19.5 Å². The van der Waals surface area contributed by atoms with Crippen molar-refractivity contribution in [3.05, 3.63) is 92.8 Å². The molecule has 2 aromatic carbocycles. The van der Waals surface area contributed by atoms with Crippen molar-refractivity contribution < 1.29 is 4.79 Å². The smallest absolute Gasteiger partial charge is 0.316 e. The second kappa shape index (κ2) is 8.22. The third-order valence-corrected chi connectivity index (χ3v) is 7.31. The average molecular weight is 452 g/mol. The summed E-state index contributed by atoms with van der Waals surface area (Å²) in [6.45, 7) is 1.30. The SMILES string of the molecule is O=C(Nc1ccc(-c2csc(Cc3ccccc3Cl)n2)s1)N1Cc2ccccc2C1. The maximum Gasteiger partial charge on any atom is 0.323 e. The first kappa shape index (κ1) is 19.3. The molecule has 0 bridgehead atoms. The molecule has 0 spiro atoms. The first-order chi connectivity index (χ1) is 14.7. The fraction of sp³-hybridized carbons (Fsp3) is 0.130. The molecule has 4 nitrogen and oxygen atoms in total. The van der Waals surface area contributed by atoms with Gasteiger partial charge in [0.15, 0.2) is 0 Å². The van der Waals surface area contributed by atoms with E-state index in [0.29, 0.717) is 13.1 Å². The van der Waals surface area contributed by atoms with Gasteiger partial charge in [-0.2, -0.15) is 0 Å². The number of anilines is 1. The lowest BCUT2D eigenvalue weighted by Gasteiger charge is -2.15. The Labute approximate surface area is 187 Å². The number of carbonyl (C=O) groups is 1. The number of fused-ring (bicyclic) bond motifs is 1. The Balaban J connectivity index is 1.25. The van der Waals surface area contributed by atoms with Gasteiger partial charge >= 0.3 is 6.03 Å². The Morgan fingerprint density at radius 1 is 1.03 bits per heavy atom. The van der Waals surface area contributed by atoms with E-state index in [1.807, 2.05) is 53.4 Å². The van der Waals surface area contributed by atoms with Crippen LogP contribution in [0.5, 0.6) is 0 Å². The topological polar surface area (TPSA) is 45.2 Å². The number of hydrogen-bond acceptors (Lipinski definition) is 4. The second-order valence-electron chi connectivity index (χ2n) is 7.11. The molecule has 0 atom stereocenters. The molecule has 0 saturated heterocycles. The quantitative estimate of drug-likeness (QED) is 0.377. The molecule has 0 radical (unpaired) electrons. The summed E-state index contributed by atoms with van der Waals surface area (Å²) in [6, 6.07) is 19.9. The van der Waals surface area contributed by atoms with Gasteiger partial charge in [0, 0.05) is 29.9 Å². The number of aromatic nitrogens is 1. The van der Waals surface area contributed by atoms with Crippen LogP contribution < -0.4 is 5.32 Å². The van der Waals surface area contributed by atoms with Crippen molar-refractivity contribution in [2.75, 3.05) is 5.32 Å². The van der Waals surface area contributed by atoms with Gasteiger partial charge in [-0.1, -0.05) is 54.1 Å². The van der Waals surface area contributed by atoms with Crippen molar-refractivity contribution in [3.8, 4) is 10.6 Å². The molecule has 0 aliphatic carbocycles. The molecule has 150 valence electrons. The molecule has 2 aromatic heterocycles. The van der Waals surface area contributed by atoms with Gasteiger partial charge in [-0.15, -0.1) is 22.7 Å². The lowest BCUT2D eigenvalue weighted by Crippen LogP contribution is -2.29. The average Bonchev–Trinajstić information content (AvgIpc) is 3.48. The zero-order valence-electron chi connectivity index (χ0n) is 16.0. The van der Waals surface area contributed by atoms with Gasteiger partial charge in [-0.3, -0.25) is 5.32 Å². The van der Waals surface area contributed by atoms with Gasteiger partial charge in [0.25, 0.3) is 0 Å². The number of thiazole rings is 1. The largest absolute Gasteiger partial charge is 0.323 e. The van der Waals surface area contributed by atoms with Crippen molar-refractivity contribution in [1.82, 2.24) is 9.88 Å². The van der Waals surface area contributed by atoms with Crippen LogP contribution in [0.4, 0.5) is 9.80 Å². The molecule has 1 aliphatic rings. The van der Waals surface area contributed by atoms with E-state index in [-0.39, 0.29) is 6.03 Å². The third-order valence-electron chi connectivity index (χ3n) is 5.07. The maximum absolute atomic E-state index is 12.7. The highest BCUT2D eigenvalue weighted by molar-refractivity contribution is 7.19. The van der Waals surface area contributed by atoms with E-state index in [0.717, 1.165) is 37.6 Å². The first-order valence-corrected chi connectivity index (χ1v) is 11.6. The Kier molecular flexibility index (Phi) is 5.29. The van der Waals surface area contributed by atoms with E-state index in [2.05, 4.69) is 22.8 Å². The first-order valence-electron chi connectivity index (χ1n) is 9.56. The summed E-state index contributed by atoms with van der Waals surface area (Å²) in [5, 5.41) is 7.69. The molecule has 0 fully saturated rings. The summed E-state index contributed by atoms with van der Waals surface area (Å²) < 4.78 is 0. The van der Waals surface area contributed by atoms with Gasteiger partial charge < -0.3 is 4.90 Å². The number of amides is 2. The van der Waals surface area contributed by atoms with E-state index in [9.17, 15) is 4.79 Å². The fourth-order valence-electron chi connectivity index (χ4n) is 3.51. The van der Waals surface area contributed by atoms with Crippen LogP contribution in [-0.2, 0) is 19.5 Å². The van der Waals surface area contributed by atoms with Crippen molar-refractivity contribution in [1.29, 1.82) is 0 Å². The van der Waals surface area contributed by atoms with Crippen LogP contribution in [0.2, 0.25) is 5.02 Å². The number of thiophene rings is 1. The zero-order chi connectivity index (χ0) is 20.5. The minimum absolute atomic E-state index is 0.0720. The number of hydrogen-bond donors (Lipinski definition) is 1. The molecule has 30 heavy (non-hydrogen) atoms. The molecule has 1 N–H and O–H groups in total. The van der Waals surface area contributed by atoms with Crippen LogP contribution in [0.25, 0.3) is 10.6 Å². The lowest BCUT2D eigenvalue weighted by molar-refractivity contribution is 0.212. The van der Waals surface area contributed by atoms with E-state index < -0.39 is 0 Å². The standard InChI is InChI=1S/C23H18ClN3OS2/c24-18-8-4-3-5-15(18)11-22-25-19(14-29-22)20-9-10-21(30-20)26-23(28)27-12-16-6-1-2-7-17(16)13-27/h1-10,14H,11-13H2,(H,26,28). The number of nitrogens with one attached hydrogen (secondary N) is 1. The molecule has 0 saturated carbocycles. The zero-order valence-corrected chi connectivity index (χ0v) is 18.4. The molecule has 0 unspecified atom stereocenters.